The molecule has 0 aromatic carbocycles. The third kappa shape index (κ3) is 1.66. The van der Waals surface area contributed by atoms with E-state index in [1.165, 1.54) is 22.9 Å². The summed E-state index contributed by atoms with van der Waals surface area (Å²) in [4.78, 5) is 11.4. The molecule has 0 radical (unpaired) electrons. The first-order chi connectivity index (χ1) is 6.81. The first kappa shape index (κ1) is 9.28. The fraction of sp³-hybridized carbons (Fsp3) is 0.0833. The number of hydrogen-bond acceptors (Lipinski definition) is 2. The van der Waals surface area contributed by atoms with E-state index in [0.717, 1.165) is 5.56 Å². The van der Waals surface area contributed by atoms with Gasteiger partial charge in [-0.2, -0.15) is 0 Å². The first-order valence-corrected chi connectivity index (χ1v) is 5.61. The van der Waals surface area contributed by atoms with Crippen LogP contribution < -0.4 is 0 Å². The van der Waals surface area contributed by atoms with Crippen molar-refractivity contribution < 1.29 is 4.79 Å². The molecule has 0 aromatic rings. The van der Waals surface area contributed by atoms with Gasteiger partial charge in [-0.1, -0.05) is 42.1 Å². The van der Waals surface area contributed by atoms with Gasteiger partial charge in [-0.05, 0) is 29.5 Å². The molecule has 0 saturated carbocycles. The maximum atomic E-state index is 11.4. The molecule has 2 heteroatoms. The summed E-state index contributed by atoms with van der Waals surface area (Å²) >= 11 is 1.24. The number of rotatable bonds is 1. The number of hydrogen-bond donors (Lipinski definition) is 0. The standard InChI is InChI=1S/C12H10OS/c1-14-12(13)11-7-5-9-3-2-4-10(9)6-8-11/h2-8H,1H3. The highest BCUT2D eigenvalue weighted by Crippen LogP contribution is 2.22. The van der Waals surface area contributed by atoms with E-state index in [-0.39, 0.29) is 5.12 Å². The second kappa shape index (κ2) is 3.84. The van der Waals surface area contributed by atoms with Crippen LogP contribution in [0.4, 0.5) is 0 Å². The Labute approximate surface area is 87.5 Å². The number of thioether (sulfide) groups is 1. The summed E-state index contributed by atoms with van der Waals surface area (Å²) in [6, 6.07) is 13.8. The van der Waals surface area contributed by atoms with E-state index in [1.807, 2.05) is 42.5 Å². The van der Waals surface area contributed by atoms with Crippen molar-refractivity contribution in [1.82, 2.24) is 0 Å². The zero-order valence-electron chi connectivity index (χ0n) is 7.86. The Morgan fingerprint density at radius 3 is 2.07 bits per heavy atom. The Morgan fingerprint density at radius 1 is 1.00 bits per heavy atom. The molecule has 2 aliphatic carbocycles. The van der Waals surface area contributed by atoms with Gasteiger partial charge >= 0.3 is 0 Å². The van der Waals surface area contributed by atoms with Crippen LogP contribution in [0.2, 0.25) is 0 Å². The molecule has 2 aliphatic rings. The van der Waals surface area contributed by atoms with Crippen molar-refractivity contribution in [1.29, 1.82) is 0 Å². The van der Waals surface area contributed by atoms with Crippen molar-refractivity contribution in [3.05, 3.63) is 48.0 Å². The molecule has 0 heterocycles. The lowest BCUT2D eigenvalue weighted by atomic mass is 10.2. The summed E-state index contributed by atoms with van der Waals surface area (Å²) in [5.74, 6) is 0. The molecule has 2 rings (SSSR count). The molecular weight excluding hydrogens is 192 g/mol. The summed E-state index contributed by atoms with van der Waals surface area (Å²) < 4.78 is 0. The molecule has 0 aromatic heterocycles. The van der Waals surface area contributed by atoms with Crippen LogP contribution in [0, 0.1) is 0 Å². The van der Waals surface area contributed by atoms with Crippen molar-refractivity contribution in [3.63, 3.8) is 0 Å². The van der Waals surface area contributed by atoms with Crippen molar-refractivity contribution in [2.75, 3.05) is 6.26 Å². The molecule has 0 N–H and O–H groups in total. The van der Waals surface area contributed by atoms with Crippen molar-refractivity contribution in [3.8, 4) is 11.1 Å². The molecule has 0 atom stereocenters. The van der Waals surface area contributed by atoms with Crippen LogP contribution in [-0.4, -0.2) is 11.4 Å². The average molecular weight is 202 g/mol. The Morgan fingerprint density at radius 2 is 1.57 bits per heavy atom. The minimum absolute atomic E-state index is 0.114. The average Bonchev–Trinajstić information content (AvgIpc) is 2.56. The van der Waals surface area contributed by atoms with Crippen LogP contribution in [0.25, 0.3) is 11.1 Å². The molecule has 14 heavy (non-hydrogen) atoms. The van der Waals surface area contributed by atoms with Gasteiger partial charge in [0.1, 0.15) is 0 Å². The SMILES string of the molecule is CSC(=O)c1ccc2cccc-2cc1. The Bertz CT molecular complexity index is 406. The Balaban J connectivity index is 2.51. The van der Waals surface area contributed by atoms with Gasteiger partial charge in [-0.3, -0.25) is 4.79 Å². The minimum Gasteiger partial charge on any atom is -0.282 e. The predicted molar refractivity (Wildman–Crippen MR) is 60.9 cm³/mol. The smallest absolute Gasteiger partial charge is 0.219 e. The summed E-state index contributed by atoms with van der Waals surface area (Å²) in [5.41, 5.74) is 3.10. The largest absolute Gasteiger partial charge is 0.282 e. The van der Waals surface area contributed by atoms with Crippen molar-refractivity contribution >= 4 is 16.9 Å². The van der Waals surface area contributed by atoms with E-state index >= 15 is 0 Å². The van der Waals surface area contributed by atoms with Crippen LogP contribution in [0.1, 0.15) is 10.4 Å². The monoisotopic (exact) mass is 202 g/mol. The van der Waals surface area contributed by atoms with E-state index in [4.69, 9.17) is 0 Å². The molecule has 0 fully saturated rings. The number of carbonyl (C=O) groups excluding carboxylic acids is 1. The van der Waals surface area contributed by atoms with Gasteiger partial charge in [0.15, 0.2) is 0 Å². The van der Waals surface area contributed by atoms with E-state index in [2.05, 4.69) is 0 Å². The summed E-state index contributed by atoms with van der Waals surface area (Å²) in [6.07, 6.45) is 1.80. The minimum atomic E-state index is 0.114. The first-order valence-electron chi connectivity index (χ1n) is 4.38. The van der Waals surface area contributed by atoms with Crippen molar-refractivity contribution in [2.45, 2.75) is 0 Å². The van der Waals surface area contributed by atoms with Crippen LogP contribution in [0.5, 0.6) is 0 Å². The number of fused-ring (bicyclic) bond motifs is 1. The zero-order valence-corrected chi connectivity index (χ0v) is 8.67. The topological polar surface area (TPSA) is 17.1 Å². The molecule has 0 amide bonds. The molecule has 0 unspecified atom stereocenters. The van der Waals surface area contributed by atoms with Gasteiger partial charge in [0.2, 0.25) is 5.12 Å². The summed E-state index contributed by atoms with van der Waals surface area (Å²) in [7, 11) is 0. The van der Waals surface area contributed by atoms with Crippen LogP contribution in [-0.2, 0) is 0 Å². The summed E-state index contributed by atoms with van der Waals surface area (Å²) in [6.45, 7) is 0. The van der Waals surface area contributed by atoms with Gasteiger partial charge in [0.25, 0.3) is 0 Å². The van der Waals surface area contributed by atoms with Crippen LogP contribution in [0.15, 0.2) is 42.5 Å². The normalized spacial score (nSPS) is 10.4. The molecule has 0 aliphatic heterocycles. The zero-order chi connectivity index (χ0) is 9.97. The van der Waals surface area contributed by atoms with Gasteiger partial charge in [0.05, 0.1) is 0 Å². The second-order valence-corrected chi connectivity index (χ2v) is 3.83. The van der Waals surface area contributed by atoms with Crippen molar-refractivity contribution in [2.24, 2.45) is 0 Å². The third-order valence-corrected chi connectivity index (χ3v) is 2.80. The van der Waals surface area contributed by atoms with Crippen LogP contribution >= 0.6 is 11.8 Å². The van der Waals surface area contributed by atoms with E-state index in [9.17, 15) is 4.79 Å². The second-order valence-electron chi connectivity index (χ2n) is 3.05. The maximum Gasteiger partial charge on any atom is 0.219 e. The molecule has 0 bridgehead atoms. The highest BCUT2D eigenvalue weighted by Gasteiger charge is 2.04. The van der Waals surface area contributed by atoms with Gasteiger partial charge in [0, 0.05) is 5.56 Å². The van der Waals surface area contributed by atoms with E-state index in [0.29, 0.717) is 0 Å². The lowest BCUT2D eigenvalue weighted by Gasteiger charge is -1.89. The fourth-order valence-corrected chi connectivity index (χ4v) is 1.79. The highest BCUT2D eigenvalue weighted by atomic mass is 32.2. The Hall–Kier alpha value is -1.28. The third-order valence-electron chi connectivity index (χ3n) is 2.19. The molecule has 1 nitrogen and oxygen atoms in total. The fourth-order valence-electron chi connectivity index (χ4n) is 1.42. The lowest BCUT2D eigenvalue weighted by Crippen LogP contribution is -1.87. The quantitative estimate of drug-likeness (QED) is 0.705. The lowest BCUT2D eigenvalue weighted by molar-refractivity contribution is 0.108. The molecule has 70 valence electrons. The van der Waals surface area contributed by atoms with Crippen LogP contribution in [0.3, 0.4) is 0 Å². The van der Waals surface area contributed by atoms with Gasteiger partial charge in [-0.15, -0.1) is 0 Å². The molecule has 0 spiro atoms. The predicted octanol–water partition coefficient (Wildman–Crippen LogP) is 3.29. The van der Waals surface area contributed by atoms with Gasteiger partial charge < -0.3 is 0 Å². The van der Waals surface area contributed by atoms with E-state index < -0.39 is 0 Å². The maximum absolute atomic E-state index is 11.4. The molecular formula is C12H10OS. The Kier molecular flexibility index (Phi) is 2.55. The summed E-state index contributed by atoms with van der Waals surface area (Å²) in [5, 5.41) is 0.114. The van der Waals surface area contributed by atoms with Gasteiger partial charge in [-0.25, -0.2) is 0 Å². The molecule has 0 saturated heterocycles. The number of carbonyl (C=O) groups is 1. The van der Waals surface area contributed by atoms with E-state index in [1.54, 1.807) is 6.26 Å². The highest BCUT2D eigenvalue weighted by molar-refractivity contribution is 8.13.